The fraction of sp³-hybridized carbons (Fsp3) is 0.357. The summed E-state index contributed by atoms with van der Waals surface area (Å²) in [4.78, 5) is 10.8. The first-order chi connectivity index (χ1) is 9.70. The standard InChI is InChI=1S/C14H15BrClN3O2/c1-14(2,3)12-11(19(20)21)13(16)18(17-12)8-9-5-4-6-10(15)7-9/h4-7H,8H2,1-3H3. The van der Waals surface area contributed by atoms with Crippen LogP contribution in [0.2, 0.25) is 5.15 Å². The Labute approximate surface area is 136 Å². The number of nitro groups is 1. The van der Waals surface area contributed by atoms with E-state index in [1.165, 1.54) is 4.68 Å². The van der Waals surface area contributed by atoms with Gasteiger partial charge >= 0.3 is 5.69 Å². The molecule has 2 rings (SSSR count). The molecule has 0 aliphatic heterocycles. The Bertz CT molecular complexity index is 692. The van der Waals surface area contributed by atoms with Crippen molar-refractivity contribution in [2.45, 2.75) is 32.7 Å². The van der Waals surface area contributed by atoms with Gasteiger partial charge in [0.25, 0.3) is 0 Å². The quantitative estimate of drug-likeness (QED) is 0.586. The van der Waals surface area contributed by atoms with Crippen LogP contribution in [0.5, 0.6) is 0 Å². The fourth-order valence-electron chi connectivity index (χ4n) is 2.01. The van der Waals surface area contributed by atoms with Gasteiger partial charge in [-0.3, -0.25) is 10.1 Å². The van der Waals surface area contributed by atoms with Gasteiger partial charge < -0.3 is 0 Å². The lowest BCUT2D eigenvalue weighted by Gasteiger charge is -2.13. The third kappa shape index (κ3) is 3.44. The molecule has 1 aromatic heterocycles. The number of halogens is 2. The van der Waals surface area contributed by atoms with Gasteiger partial charge in [-0.25, -0.2) is 4.68 Å². The molecule has 0 N–H and O–H groups in total. The molecule has 5 nitrogen and oxygen atoms in total. The van der Waals surface area contributed by atoms with E-state index in [2.05, 4.69) is 21.0 Å². The summed E-state index contributed by atoms with van der Waals surface area (Å²) in [5.41, 5.74) is 0.796. The van der Waals surface area contributed by atoms with E-state index in [0.717, 1.165) is 10.0 Å². The van der Waals surface area contributed by atoms with Gasteiger partial charge in [0.05, 0.1) is 11.5 Å². The highest BCUT2D eigenvalue weighted by Gasteiger charge is 2.33. The summed E-state index contributed by atoms with van der Waals surface area (Å²) < 4.78 is 2.41. The summed E-state index contributed by atoms with van der Waals surface area (Å²) in [5, 5.41) is 15.7. The maximum absolute atomic E-state index is 11.3. The van der Waals surface area contributed by atoms with Crippen LogP contribution in [0.4, 0.5) is 5.69 Å². The van der Waals surface area contributed by atoms with Crippen molar-refractivity contribution in [3.05, 3.63) is 55.3 Å². The highest BCUT2D eigenvalue weighted by Crippen LogP contribution is 2.36. The fourth-order valence-corrected chi connectivity index (χ4v) is 2.71. The molecule has 0 aliphatic carbocycles. The predicted molar refractivity (Wildman–Crippen MR) is 85.8 cm³/mol. The van der Waals surface area contributed by atoms with E-state index in [0.29, 0.717) is 12.2 Å². The van der Waals surface area contributed by atoms with E-state index in [1.807, 2.05) is 45.0 Å². The molecule has 7 heteroatoms. The van der Waals surface area contributed by atoms with E-state index in [-0.39, 0.29) is 10.8 Å². The first-order valence-electron chi connectivity index (χ1n) is 6.36. The van der Waals surface area contributed by atoms with Gasteiger partial charge in [0, 0.05) is 9.89 Å². The molecule has 0 fully saturated rings. The zero-order valence-electron chi connectivity index (χ0n) is 11.9. The molecule has 0 saturated carbocycles. The van der Waals surface area contributed by atoms with Crippen LogP contribution in [0.3, 0.4) is 0 Å². The van der Waals surface area contributed by atoms with Crippen molar-refractivity contribution in [2.75, 3.05) is 0 Å². The highest BCUT2D eigenvalue weighted by atomic mass is 79.9. The summed E-state index contributed by atoms with van der Waals surface area (Å²) in [6.45, 7) is 6.02. The molecule has 0 bridgehead atoms. The van der Waals surface area contributed by atoms with E-state index < -0.39 is 10.3 Å². The maximum Gasteiger partial charge on any atom is 0.329 e. The summed E-state index contributed by atoms with van der Waals surface area (Å²) in [7, 11) is 0. The van der Waals surface area contributed by atoms with Crippen LogP contribution in [-0.4, -0.2) is 14.7 Å². The topological polar surface area (TPSA) is 61.0 Å². The Balaban J connectivity index is 2.48. The van der Waals surface area contributed by atoms with Crippen molar-refractivity contribution in [3.8, 4) is 0 Å². The Morgan fingerprint density at radius 3 is 2.57 bits per heavy atom. The molecule has 1 aromatic carbocycles. The molecule has 0 spiro atoms. The van der Waals surface area contributed by atoms with Crippen molar-refractivity contribution in [2.24, 2.45) is 0 Å². The largest absolute Gasteiger partial charge is 0.329 e. The summed E-state index contributed by atoms with van der Waals surface area (Å²) in [6, 6.07) is 7.67. The number of benzene rings is 1. The average Bonchev–Trinajstić information content (AvgIpc) is 2.67. The van der Waals surface area contributed by atoms with Gasteiger partial charge in [0.2, 0.25) is 5.15 Å². The third-order valence-electron chi connectivity index (χ3n) is 2.98. The molecule has 112 valence electrons. The lowest BCUT2D eigenvalue weighted by Crippen LogP contribution is -2.14. The maximum atomic E-state index is 11.3. The number of hydrogen-bond donors (Lipinski definition) is 0. The summed E-state index contributed by atoms with van der Waals surface area (Å²) in [5.74, 6) is 0. The van der Waals surface area contributed by atoms with E-state index in [1.54, 1.807) is 0 Å². The second-order valence-electron chi connectivity index (χ2n) is 5.78. The van der Waals surface area contributed by atoms with Gasteiger partial charge in [-0.05, 0) is 17.7 Å². The summed E-state index contributed by atoms with van der Waals surface area (Å²) >= 11 is 9.57. The lowest BCUT2D eigenvalue weighted by atomic mass is 9.91. The SMILES string of the molecule is CC(C)(C)c1nn(Cc2cccc(Br)c2)c(Cl)c1[N+](=O)[O-]. The summed E-state index contributed by atoms with van der Waals surface area (Å²) in [6.07, 6.45) is 0. The van der Waals surface area contributed by atoms with Crippen molar-refractivity contribution in [3.63, 3.8) is 0 Å². The van der Waals surface area contributed by atoms with Crippen LogP contribution in [0, 0.1) is 10.1 Å². The predicted octanol–water partition coefficient (Wildman–Crippen LogP) is 4.55. The third-order valence-corrected chi connectivity index (χ3v) is 3.85. The molecule has 2 aromatic rings. The second kappa shape index (κ2) is 5.77. The van der Waals surface area contributed by atoms with Crippen LogP contribution in [0.1, 0.15) is 32.0 Å². The zero-order chi connectivity index (χ0) is 15.8. The molecular weight excluding hydrogens is 358 g/mol. The van der Waals surface area contributed by atoms with Crippen molar-refractivity contribution >= 4 is 33.2 Å². The minimum absolute atomic E-state index is 0.0601. The first kappa shape index (κ1) is 16.0. The number of hydrogen-bond acceptors (Lipinski definition) is 3. The molecule has 0 atom stereocenters. The van der Waals surface area contributed by atoms with E-state index >= 15 is 0 Å². The van der Waals surface area contributed by atoms with Crippen molar-refractivity contribution in [1.82, 2.24) is 9.78 Å². The first-order valence-corrected chi connectivity index (χ1v) is 7.53. The normalized spacial score (nSPS) is 11.7. The van der Waals surface area contributed by atoms with Gasteiger partial charge in [-0.1, -0.05) is 60.4 Å². The highest BCUT2D eigenvalue weighted by molar-refractivity contribution is 9.10. The van der Waals surface area contributed by atoms with Gasteiger partial charge in [0.15, 0.2) is 0 Å². The Morgan fingerprint density at radius 1 is 1.43 bits per heavy atom. The van der Waals surface area contributed by atoms with E-state index in [4.69, 9.17) is 11.6 Å². The van der Waals surface area contributed by atoms with Gasteiger partial charge in [-0.2, -0.15) is 5.10 Å². The van der Waals surface area contributed by atoms with Crippen LogP contribution in [0.25, 0.3) is 0 Å². The minimum Gasteiger partial charge on any atom is -0.258 e. The lowest BCUT2D eigenvalue weighted by molar-refractivity contribution is -0.385. The molecule has 0 amide bonds. The van der Waals surface area contributed by atoms with Crippen molar-refractivity contribution in [1.29, 1.82) is 0 Å². The average molecular weight is 373 g/mol. The number of rotatable bonds is 3. The zero-order valence-corrected chi connectivity index (χ0v) is 14.3. The van der Waals surface area contributed by atoms with Gasteiger partial charge in [-0.15, -0.1) is 0 Å². The number of aromatic nitrogens is 2. The van der Waals surface area contributed by atoms with Crippen LogP contribution in [0.15, 0.2) is 28.7 Å². The Kier molecular flexibility index (Phi) is 4.39. The molecule has 0 radical (unpaired) electrons. The molecule has 1 heterocycles. The Morgan fingerprint density at radius 2 is 2.10 bits per heavy atom. The Hall–Kier alpha value is -1.40. The van der Waals surface area contributed by atoms with Crippen LogP contribution >= 0.6 is 27.5 Å². The van der Waals surface area contributed by atoms with Gasteiger partial charge in [0.1, 0.15) is 5.69 Å². The molecular formula is C14H15BrClN3O2. The molecule has 0 aliphatic rings. The minimum atomic E-state index is -0.465. The van der Waals surface area contributed by atoms with Crippen LogP contribution < -0.4 is 0 Å². The van der Waals surface area contributed by atoms with Crippen molar-refractivity contribution < 1.29 is 4.92 Å². The molecule has 0 saturated heterocycles. The molecule has 0 unspecified atom stereocenters. The monoisotopic (exact) mass is 371 g/mol. The molecule has 21 heavy (non-hydrogen) atoms. The van der Waals surface area contributed by atoms with Crippen LogP contribution in [-0.2, 0) is 12.0 Å². The number of nitrogens with zero attached hydrogens (tertiary/aromatic N) is 3. The van der Waals surface area contributed by atoms with E-state index in [9.17, 15) is 10.1 Å². The smallest absolute Gasteiger partial charge is 0.258 e. The second-order valence-corrected chi connectivity index (χ2v) is 7.06.